The second-order valence-electron chi connectivity index (χ2n) is 8.89. The second-order valence-corrected chi connectivity index (χ2v) is 8.89. The fraction of sp³-hybridized carbons (Fsp3) is 0.591. The van der Waals surface area contributed by atoms with Gasteiger partial charge < -0.3 is 30.5 Å². The van der Waals surface area contributed by atoms with Crippen molar-refractivity contribution in [2.75, 3.05) is 53.4 Å². The maximum atomic E-state index is 12.3. The maximum absolute atomic E-state index is 12.3. The Morgan fingerprint density at radius 1 is 1.16 bits per heavy atom. The van der Waals surface area contributed by atoms with Gasteiger partial charge in [0.2, 0.25) is 0 Å². The number of nitrogens with two attached hydrogens (primary N) is 1. The van der Waals surface area contributed by atoms with Gasteiger partial charge in [-0.3, -0.25) is 4.79 Å². The van der Waals surface area contributed by atoms with Crippen LogP contribution in [0.3, 0.4) is 0 Å². The highest BCUT2D eigenvalue weighted by Gasteiger charge is 2.26. The van der Waals surface area contributed by atoms with E-state index in [-0.39, 0.29) is 36.0 Å². The van der Waals surface area contributed by atoms with Gasteiger partial charge in [0, 0.05) is 44.8 Å². The summed E-state index contributed by atoms with van der Waals surface area (Å²) in [7, 11) is 3.93. The number of hydrogen-bond donors (Lipinski definition) is 2. The lowest BCUT2D eigenvalue weighted by Gasteiger charge is -2.36. The molecule has 1 saturated heterocycles. The zero-order chi connectivity index (χ0) is 23.0. The van der Waals surface area contributed by atoms with Crippen LogP contribution < -0.4 is 11.1 Å². The number of guanidine groups is 1. The van der Waals surface area contributed by atoms with Crippen LogP contribution in [0.5, 0.6) is 0 Å². The third-order valence-corrected chi connectivity index (χ3v) is 4.71. The number of rotatable bonds is 6. The summed E-state index contributed by atoms with van der Waals surface area (Å²) in [4.78, 5) is 34.6. The van der Waals surface area contributed by atoms with E-state index in [2.05, 4.69) is 10.3 Å². The smallest absolute Gasteiger partial charge is 0.410 e. The summed E-state index contributed by atoms with van der Waals surface area (Å²) < 4.78 is 5.42. The van der Waals surface area contributed by atoms with E-state index in [0.717, 1.165) is 12.1 Å². The summed E-state index contributed by atoms with van der Waals surface area (Å²) in [6, 6.07) is 7.40. The molecule has 1 fully saturated rings. The molecule has 1 aliphatic heterocycles. The Balaban J connectivity index is 0.00000512. The Bertz CT molecular complexity index is 786. The van der Waals surface area contributed by atoms with Crippen LogP contribution >= 0.6 is 24.0 Å². The van der Waals surface area contributed by atoms with E-state index in [9.17, 15) is 9.59 Å². The number of nitrogens with one attached hydrogen (secondary N) is 1. The molecule has 0 radical (unpaired) electrons. The van der Waals surface area contributed by atoms with Crippen LogP contribution in [0.4, 0.5) is 4.79 Å². The van der Waals surface area contributed by atoms with Gasteiger partial charge in [0.1, 0.15) is 5.60 Å². The van der Waals surface area contributed by atoms with Gasteiger partial charge in [-0.25, -0.2) is 9.79 Å². The Labute approximate surface area is 208 Å². The number of hydrogen-bond acceptors (Lipinski definition) is 5. The third kappa shape index (κ3) is 9.60. The van der Waals surface area contributed by atoms with Crippen LogP contribution in [-0.4, -0.2) is 91.6 Å². The number of amides is 2. The first kappa shape index (κ1) is 28.0. The Hall–Kier alpha value is -2.08. The summed E-state index contributed by atoms with van der Waals surface area (Å²) in [5.74, 6) is 0.337. The van der Waals surface area contributed by atoms with Crippen molar-refractivity contribution in [2.24, 2.45) is 10.7 Å². The molecule has 9 nitrogen and oxygen atoms in total. The number of ether oxygens (including phenoxy) is 1. The van der Waals surface area contributed by atoms with Crippen LogP contribution in [0.2, 0.25) is 0 Å². The third-order valence-electron chi connectivity index (χ3n) is 4.71. The molecule has 0 spiro atoms. The monoisotopic (exact) mass is 560 g/mol. The van der Waals surface area contributed by atoms with Crippen LogP contribution in [0.25, 0.3) is 0 Å². The van der Waals surface area contributed by atoms with Crippen molar-refractivity contribution in [3.63, 3.8) is 0 Å². The van der Waals surface area contributed by atoms with Gasteiger partial charge >= 0.3 is 6.09 Å². The average molecular weight is 560 g/mol. The molecule has 2 rings (SSSR count). The van der Waals surface area contributed by atoms with Gasteiger partial charge in [0.05, 0.1) is 6.54 Å². The normalized spacial score (nSPS) is 14.8. The molecule has 0 unspecified atom stereocenters. The summed E-state index contributed by atoms with van der Waals surface area (Å²) in [5.41, 5.74) is 7.18. The van der Waals surface area contributed by atoms with E-state index in [1.54, 1.807) is 11.0 Å². The zero-order valence-corrected chi connectivity index (χ0v) is 22.1. The lowest BCUT2D eigenvalue weighted by molar-refractivity contribution is 0.0186. The van der Waals surface area contributed by atoms with E-state index < -0.39 is 5.60 Å². The Kier molecular flexibility index (Phi) is 11.2. The molecule has 32 heavy (non-hydrogen) atoms. The summed E-state index contributed by atoms with van der Waals surface area (Å²) in [6.45, 7) is 9.60. The van der Waals surface area contributed by atoms with E-state index >= 15 is 0 Å². The van der Waals surface area contributed by atoms with Gasteiger partial charge in [0.15, 0.2) is 5.96 Å². The highest BCUT2D eigenvalue weighted by Crippen LogP contribution is 2.12. The van der Waals surface area contributed by atoms with Gasteiger partial charge in [-0.1, -0.05) is 12.1 Å². The van der Waals surface area contributed by atoms with E-state index in [1.165, 1.54) is 0 Å². The molecule has 1 aromatic carbocycles. The number of benzene rings is 1. The van der Waals surface area contributed by atoms with Gasteiger partial charge in [-0.2, -0.15) is 0 Å². The van der Waals surface area contributed by atoms with Gasteiger partial charge in [0.25, 0.3) is 5.91 Å². The first-order valence-corrected chi connectivity index (χ1v) is 10.6. The molecule has 10 heteroatoms. The largest absolute Gasteiger partial charge is 0.444 e. The summed E-state index contributed by atoms with van der Waals surface area (Å²) >= 11 is 0. The molecule has 1 aliphatic rings. The predicted molar refractivity (Wildman–Crippen MR) is 137 cm³/mol. The number of likely N-dealkylation sites (N-methyl/N-ethyl adjacent to an activating group) is 1. The van der Waals surface area contributed by atoms with E-state index in [1.807, 2.05) is 62.9 Å². The standard InChI is InChI=1S/C22H36N6O3.HI/c1-22(2,3)31-21(30)28-13-11-27(12-14-28)20(23)25-16-17-7-6-8-18(15-17)19(29)24-9-10-26(4)5;/h6-8,15H,9-14,16H2,1-5H3,(H2,23,25)(H,24,29);1H. The fourth-order valence-electron chi connectivity index (χ4n) is 3.02. The number of carbonyl (C=O) groups is 2. The predicted octanol–water partition coefficient (Wildman–Crippen LogP) is 1.96. The minimum Gasteiger partial charge on any atom is -0.444 e. The molecule has 0 saturated carbocycles. The molecule has 3 N–H and O–H groups in total. The Morgan fingerprint density at radius 2 is 1.78 bits per heavy atom. The first-order chi connectivity index (χ1) is 14.5. The van der Waals surface area contributed by atoms with Crippen LogP contribution in [0.15, 0.2) is 29.3 Å². The number of nitrogens with zero attached hydrogens (tertiary/aromatic N) is 4. The molecule has 1 heterocycles. The Morgan fingerprint density at radius 3 is 2.38 bits per heavy atom. The molecule has 1 aromatic rings. The van der Waals surface area contributed by atoms with Crippen LogP contribution in [0, 0.1) is 0 Å². The van der Waals surface area contributed by atoms with E-state index in [4.69, 9.17) is 10.5 Å². The number of aliphatic imine (C=N–C) groups is 1. The van der Waals surface area contributed by atoms with Crippen molar-refractivity contribution in [3.05, 3.63) is 35.4 Å². The van der Waals surface area contributed by atoms with Gasteiger partial charge in [-0.15, -0.1) is 24.0 Å². The quantitative estimate of drug-likeness (QED) is 0.314. The average Bonchev–Trinajstić information content (AvgIpc) is 2.70. The highest BCUT2D eigenvalue weighted by molar-refractivity contribution is 14.0. The van der Waals surface area contributed by atoms with Crippen LogP contribution in [-0.2, 0) is 11.3 Å². The molecular formula is C22H37IN6O3. The van der Waals surface area contributed by atoms with Crippen molar-refractivity contribution < 1.29 is 14.3 Å². The minimum atomic E-state index is -0.507. The van der Waals surface area contributed by atoms with Crippen molar-refractivity contribution in [1.82, 2.24) is 20.0 Å². The van der Waals surface area contributed by atoms with Crippen molar-refractivity contribution in [2.45, 2.75) is 32.9 Å². The highest BCUT2D eigenvalue weighted by atomic mass is 127. The SMILES string of the molecule is CN(C)CCNC(=O)c1cccc(CN=C(N)N2CCN(C(=O)OC(C)(C)C)CC2)c1.I. The first-order valence-electron chi connectivity index (χ1n) is 10.6. The molecule has 0 aromatic heterocycles. The minimum absolute atomic E-state index is 0. The van der Waals surface area contributed by atoms with Crippen molar-refractivity contribution in [1.29, 1.82) is 0 Å². The summed E-state index contributed by atoms with van der Waals surface area (Å²) in [6.07, 6.45) is -0.302. The van der Waals surface area contributed by atoms with Crippen molar-refractivity contribution in [3.8, 4) is 0 Å². The van der Waals surface area contributed by atoms with E-state index in [0.29, 0.717) is 50.8 Å². The molecule has 0 bridgehead atoms. The lowest BCUT2D eigenvalue weighted by atomic mass is 10.1. The maximum Gasteiger partial charge on any atom is 0.410 e. The number of halogens is 1. The summed E-state index contributed by atoms with van der Waals surface area (Å²) in [5, 5.41) is 2.91. The van der Waals surface area contributed by atoms with Gasteiger partial charge in [-0.05, 0) is 52.6 Å². The molecular weight excluding hydrogens is 523 g/mol. The molecule has 2 amide bonds. The molecule has 0 atom stereocenters. The molecule has 180 valence electrons. The zero-order valence-electron chi connectivity index (χ0n) is 19.8. The van der Waals surface area contributed by atoms with Crippen LogP contribution in [0.1, 0.15) is 36.7 Å². The molecule has 0 aliphatic carbocycles. The number of piperazine rings is 1. The lowest BCUT2D eigenvalue weighted by Crippen LogP contribution is -2.53. The topological polar surface area (TPSA) is 103 Å². The van der Waals surface area contributed by atoms with Crippen molar-refractivity contribution >= 4 is 41.9 Å². The second kappa shape index (κ2) is 12.8. The fourth-order valence-corrected chi connectivity index (χ4v) is 3.02. The number of carbonyl (C=O) groups excluding carboxylic acids is 2.